The minimum atomic E-state index is -0.653. The minimum Gasteiger partial charge on any atom is -0.481 e. The molecule has 1 heterocycles. The number of carboxylic acid groups (broad SMARTS) is 1. The average molecular weight is 256 g/mol. The summed E-state index contributed by atoms with van der Waals surface area (Å²) in [4.78, 5) is 13.6. The highest BCUT2D eigenvalue weighted by molar-refractivity contribution is 5.70. The molecule has 0 aromatic carbocycles. The molecule has 3 unspecified atom stereocenters. The zero-order valence-electron chi connectivity index (χ0n) is 12.1. The number of likely N-dealkylation sites (tertiary alicyclic amines) is 1. The second-order valence-corrected chi connectivity index (χ2v) is 5.98. The van der Waals surface area contributed by atoms with E-state index in [-0.39, 0.29) is 5.92 Å². The van der Waals surface area contributed by atoms with Gasteiger partial charge in [0.15, 0.2) is 0 Å². The van der Waals surface area contributed by atoms with Gasteiger partial charge in [-0.25, -0.2) is 0 Å². The number of hydrogen-bond acceptors (Lipinski definition) is 3. The summed E-state index contributed by atoms with van der Waals surface area (Å²) in [5.41, 5.74) is 0. The van der Waals surface area contributed by atoms with Gasteiger partial charge in [0.2, 0.25) is 0 Å². The van der Waals surface area contributed by atoms with Gasteiger partial charge < -0.3 is 10.4 Å². The number of rotatable bonds is 6. The largest absolute Gasteiger partial charge is 0.481 e. The van der Waals surface area contributed by atoms with Crippen LogP contribution in [0.3, 0.4) is 0 Å². The third kappa shape index (κ3) is 4.58. The van der Waals surface area contributed by atoms with Crippen LogP contribution in [0.1, 0.15) is 40.5 Å². The Labute approximate surface area is 111 Å². The summed E-state index contributed by atoms with van der Waals surface area (Å²) in [6.45, 7) is 11.3. The molecule has 1 saturated heterocycles. The number of nitrogens with one attached hydrogen (secondary N) is 1. The number of aliphatic carboxylic acids is 1. The van der Waals surface area contributed by atoms with Crippen LogP contribution >= 0.6 is 0 Å². The van der Waals surface area contributed by atoms with Gasteiger partial charge in [-0.2, -0.15) is 0 Å². The molecule has 1 aliphatic heterocycles. The number of hydrogen-bond donors (Lipinski definition) is 2. The fourth-order valence-corrected chi connectivity index (χ4v) is 2.48. The zero-order chi connectivity index (χ0) is 13.7. The van der Waals surface area contributed by atoms with Gasteiger partial charge in [0.05, 0.1) is 5.92 Å². The number of carbonyl (C=O) groups is 1. The number of carboxylic acids is 1. The van der Waals surface area contributed by atoms with Crippen molar-refractivity contribution in [2.24, 2.45) is 11.8 Å². The van der Waals surface area contributed by atoms with E-state index >= 15 is 0 Å². The molecule has 0 aromatic rings. The quantitative estimate of drug-likeness (QED) is 0.761. The van der Waals surface area contributed by atoms with Gasteiger partial charge in [-0.15, -0.1) is 0 Å². The first-order valence-electron chi connectivity index (χ1n) is 7.14. The Morgan fingerprint density at radius 3 is 2.56 bits per heavy atom. The van der Waals surface area contributed by atoms with E-state index in [1.807, 2.05) is 0 Å². The zero-order valence-corrected chi connectivity index (χ0v) is 12.1. The summed E-state index contributed by atoms with van der Waals surface area (Å²) in [7, 11) is 0. The monoisotopic (exact) mass is 256 g/mol. The van der Waals surface area contributed by atoms with Crippen molar-refractivity contribution in [3.63, 3.8) is 0 Å². The van der Waals surface area contributed by atoms with E-state index in [0.717, 1.165) is 25.9 Å². The van der Waals surface area contributed by atoms with Crippen molar-refractivity contribution in [1.29, 1.82) is 0 Å². The van der Waals surface area contributed by atoms with Gasteiger partial charge in [0, 0.05) is 25.2 Å². The standard InChI is InChI=1S/C14H28N2O2/c1-5-11(4)16-8-12(14(17)18)6-13(9-16)15-7-10(2)3/h10-13,15H,5-9H2,1-4H3,(H,17,18). The predicted molar refractivity (Wildman–Crippen MR) is 73.7 cm³/mol. The van der Waals surface area contributed by atoms with E-state index in [1.54, 1.807) is 0 Å². The van der Waals surface area contributed by atoms with Crippen LogP contribution in [0.15, 0.2) is 0 Å². The topological polar surface area (TPSA) is 52.6 Å². The van der Waals surface area contributed by atoms with Gasteiger partial charge >= 0.3 is 5.97 Å². The second kappa shape index (κ2) is 7.10. The summed E-state index contributed by atoms with van der Waals surface area (Å²) in [5, 5.41) is 12.8. The molecule has 0 aliphatic carbocycles. The first kappa shape index (κ1) is 15.4. The predicted octanol–water partition coefficient (Wildman–Crippen LogP) is 1.81. The van der Waals surface area contributed by atoms with Crippen molar-refractivity contribution in [2.75, 3.05) is 19.6 Å². The molecular formula is C14H28N2O2. The van der Waals surface area contributed by atoms with Gasteiger partial charge in [0.25, 0.3) is 0 Å². The van der Waals surface area contributed by atoms with Crippen LogP contribution in [0.5, 0.6) is 0 Å². The molecule has 106 valence electrons. The van der Waals surface area contributed by atoms with E-state index < -0.39 is 5.97 Å². The van der Waals surface area contributed by atoms with Crippen LogP contribution in [-0.2, 0) is 4.79 Å². The molecule has 1 fully saturated rings. The SMILES string of the molecule is CCC(C)N1CC(NCC(C)C)CC(C(=O)O)C1. The third-order valence-electron chi connectivity index (χ3n) is 3.86. The molecule has 1 aliphatic rings. The van der Waals surface area contributed by atoms with E-state index in [0.29, 0.717) is 24.5 Å². The molecule has 0 saturated carbocycles. The van der Waals surface area contributed by atoms with Crippen molar-refractivity contribution < 1.29 is 9.90 Å². The van der Waals surface area contributed by atoms with Crippen LogP contribution in [0.25, 0.3) is 0 Å². The Kier molecular flexibility index (Phi) is 6.09. The maximum absolute atomic E-state index is 11.2. The van der Waals surface area contributed by atoms with E-state index in [1.165, 1.54) is 0 Å². The summed E-state index contributed by atoms with van der Waals surface area (Å²) in [6, 6.07) is 0.784. The van der Waals surface area contributed by atoms with Crippen molar-refractivity contribution in [1.82, 2.24) is 10.2 Å². The van der Waals surface area contributed by atoms with Crippen LogP contribution in [-0.4, -0.2) is 47.7 Å². The first-order chi connectivity index (χ1) is 8.43. The lowest BCUT2D eigenvalue weighted by atomic mass is 9.92. The average Bonchev–Trinajstić information content (AvgIpc) is 2.34. The highest BCUT2D eigenvalue weighted by Crippen LogP contribution is 2.20. The molecule has 4 heteroatoms. The fraction of sp³-hybridized carbons (Fsp3) is 0.929. The van der Waals surface area contributed by atoms with Crippen LogP contribution in [0.4, 0.5) is 0 Å². The Balaban J connectivity index is 2.59. The molecule has 1 rings (SSSR count). The molecule has 0 bridgehead atoms. The van der Waals surface area contributed by atoms with E-state index in [2.05, 4.69) is 37.9 Å². The number of piperidine rings is 1. The summed E-state index contributed by atoms with van der Waals surface area (Å²) >= 11 is 0. The molecule has 3 atom stereocenters. The van der Waals surface area contributed by atoms with Crippen LogP contribution in [0.2, 0.25) is 0 Å². The van der Waals surface area contributed by atoms with Crippen molar-refractivity contribution in [2.45, 2.75) is 52.6 Å². The summed E-state index contributed by atoms with van der Waals surface area (Å²) in [5.74, 6) is -0.274. The van der Waals surface area contributed by atoms with Gasteiger partial charge in [-0.3, -0.25) is 9.69 Å². The van der Waals surface area contributed by atoms with E-state index in [9.17, 15) is 9.90 Å². The Morgan fingerprint density at radius 1 is 1.39 bits per heavy atom. The van der Waals surface area contributed by atoms with Crippen LogP contribution in [0, 0.1) is 11.8 Å². The van der Waals surface area contributed by atoms with Crippen LogP contribution < -0.4 is 5.32 Å². The summed E-state index contributed by atoms with van der Waals surface area (Å²) in [6.07, 6.45) is 1.83. The molecule has 0 amide bonds. The minimum absolute atomic E-state index is 0.225. The molecule has 0 aromatic heterocycles. The maximum Gasteiger partial charge on any atom is 0.307 e. The third-order valence-corrected chi connectivity index (χ3v) is 3.86. The van der Waals surface area contributed by atoms with E-state index in [4.69, 9.17) is 0 Å². The summed E-state index contributed by atoms with van der Waals surface area (Å²) < 4.78 is 0. The normalized spacial score (nSPS) is 27.4. The Morgan fingerprint density at radius 2 is 2.06 bits per heavy atom. The van der Waals surface area contributed by atoms with Crippen molar-refractivity contribution in [3.05, 3.63) is 0 Å². The van der Waals surface area contributed by atoms with Gasteiger partial charge in [0.1, 0.15) is 0 Å². The molecule has 0 radical (unpaired) electrons. The molecule has 18 heavy (non-hydrogen) atoms. The van der Waals surface area contributed by atoms with Crippen molar-refractivity contribution in [3.8, 4) is 0 Å². The maximum atomic E-state index is 11.2. The van der Waals surface area contributed by atoms with Gasteiger partial charge in [-0.1, -0.05) is 20.8 Å². The fourth-order valence-electron chi connectivity index (χ4n) is 2.48. The smallest absolute Gasteiger partial charge is 0.307 e. The molecule has 4 nitrogen and oxygen atoms in total. The lowest BCUT2D eigenvalue weighted by Gasteiger charge is -2.40. The van der Waals surface area contributed by atoms with Crippen molar-refractivity contribution >= 4 is 5.97 Å². The number of nitrogens with zero attached hydrogens (tertiary/aromatic N) is 1. The molecular weight excluding hydrogens is 228 g/mol. The second-order valence-electron chi connectivity index (χ2n) is 5.98. The highest BCUT2D eigenvalue weighted by Gasteiger charge is 2.32. The lowest BCUT2D eigenvalue weighted by Crippen LogP contribution is -2.53. The highest BCUT2D eigenvalue weighted by atomic mass is 16.4. The van der Waals surface area contributed by atoms with Gasteiger partial charge in [-0.05, 0) is 32.2 Å². The first-order valence-corrected chi connectivity index (χ1v) is 7.14. The Bertz CT molecular complexity index is 269. The molecule has 0 spiro atoms. The molecule has 2 N–H and O–H groups in total. The lowest BCUT2D eigenvalue weighted by molar-refractivity contribution is -0.144. The Hall–Kier alpha value is -0.610.